The van der Waals surface area contributed by atoms with Crippen molar-refractivity contribution in [2.45, 2.75) is 57.2 Å². The minimum Gasteiger partial charge on any atom is -0.378 e. The van der Waals surface area contributed by atoms with Crippen LogP contribution in [-0.4, -0.2) is 56.4 Å². The first-order valence-corrected chi connectivity index (χ1v) is 14.6. The molecule has 40 heavy (non-hydrogen) atoms. The molecule has 8 rings (SSSR count). The van der Waals surface area contributed by atoms with Gasteiger partial charge in [-0.2, -0.15) is 5.10 Å². The summed E-state index contributed by atoms with van der Waals surface area (Å²) in [6.07, 6.45) is 9.92. The Labute approximate surface area is 234 Å². The van der Waals surface area contributed by atoms with E-state index < -0.39 is 0 Å². The molecule has 6 heteroatoms. The third-order valence-electron chi connectivity index (χ3n) is 9.33. The zero-order valence-electron chi connectivity index (χ0n) is 22.8. The number of hydrogen-bond donors (Lipinski definition) is 1. The van der Waals surface area contributed by atoms with Crippen LogP contribution in [0, 0.1) is 6.92 Å². The van der Waals surface area contributed by atoms with Gasteiger partial charge in [0.2, 0.25) is 0 Å². The Kier molecular flexibility index (Phi) is 5.78. The van der Waals surface area contributed by atoms with Crippen LogP contribution < -0.4 is 0 Å². The van der Waals surface area contributed by atoms with Gasteiger partial charge in [0.25, 0.3) is 0 Å². The molecule has 0 saturated carbocycles. The number of aromatic nitrogens is 4. The van der Waals surface area contributed by atoms with E-state index in [1.54, 1.807) is 0 Å². The van der Waals surface area contributed by atoms with Crippen LogP contribution in [-0.2, 0) is 17.6 Å². The Morgan fingerprint density at radius 1 is 0.825 bits per heavy atom. The molecule has 2 saturated heterocycles. The number of pyridine rings is 2. The Bertz CT molecular complexity index is 1700. The zero-order chi connectivity index (χ0) is 26.6. The lowest BCUT2D eigenvalue weighted by Crippen LogP contribution is -2.66. The molecule has 6 nitrogen and oxygen atoms in total. The van der Waals surface area contributed by atoms with Crippen molar-refractivity contribution in [1.29, 1.82) is 0 Å². The maximum absolute atomic E-state index is 5.74. The van der Waals surface area contributed by atoms with Crippen molar-refractivity contribution < 1.29 is 4.74 Å². The smallest absolute Gasteiger partial charge is 0.181 e. The van der Waals surface area contributed by atoms with Gasteiger partial charge >= 0.3 is 0 Å². The molecule has 2 aromatic carbocycles. The minimum absolute atomic E-state index is 0.650. The summed E-state index contributed by atoms with van der Waals surface area (Å²) in [4.78, 5) is 12.0. The third-order valence-corrected chi connectivity index (χ3v) is 9.33. The molecule has 3 aliphatic rings. The van der Waals surface area contributed by atoms with Crippen LogP contribution in [0.2, 0.25) is 0 Å². The van der Waals surface area contributed by atoms with Gasteiger partial charge in [-0.1, -0.05) is 36.4 Å². The van der Waals surface area contributed by atoms with E-state index in [-0.39, 0.29) is 0 Å². The van der Waals surface area contributed by atoms with Gasteiger partial charge in [0.05, 0.1) is 24.6 Å². The normalized spacial score (nSPS) is 22.5. The standard InChI is InChI=1S/C34H33N5O/c1-21-14-25(9-12-30(21)32-4-2-3-13-35-32)33-31-16-26(18-36-34(31)38-37-33)24-6-5-22-7-10-27(11-8-23(22)15-24)39-28-17-29(39)20-40-19-28/h2-6,9,12-16,18,27-29H,7-8,10-11,17,19-20H2,1H3,(H,36,37,38)/t27-,28?,29?/m0/s1. The summed E-state index contributed by atoms with van der Waals surface area (Å²) in [7, 11) is 0. The van der Waals surface area contributed by atoms with Crippen LogP contribution in [0.15, 0.2) is 73.1 Å². The largest absolute Gasteiger partial charge is 0.378 e. The van der Waals surface area contributed by atoms with Crippen molar-refractivity contribution >= 4 is 11.0 Å². The highest BCUT2D eigenvalue weighted by atomic mass is 16.5. The van der Waals surface area contributed by atoms with Gasteiger partial charge in [0.15, 0.2) is 5.65 Å². The molecule has 0 spiro atoms. The summed E-state index contributed by atoms with van der Waals surface area (Å²) in [5, 5.41) is 8.82. The van der Waals surface area contributed by atoms with E-state index in [1.165, 1.54) is 41.5 Å². The van der Waals surface area contributed by atoms with E-state index in [1.807, 2.05) is 24.5 Å². The Morgan fingerprint density at radius 2 is 1.68 bits per heavy atom. The Balaban J connectivity index is 1.08. The van der Waals surface area contributed by atoms with E-state index in [0.717, 1.165) is 65.2 Å². The van der Waals surface area contributed by atoms with E-state index >= 15 is 0 Å². The summed E-state index contributed by atoms with van der Waals surface area (Å²) in [5.41, 5.74) is 11.5. The molecule has 5 aromatic rings. The van der Waals surface area contributed by atoms with Crippen LogP contribution >= 0.6 is 0 Å². The van der Waals surface area contributed by atoms with Gasteiger partial charge in [0, 0.05) is 52.6 Å². The number of ether oxygens (including phenoxy) is 1. The Hall–Kier alpha value is -3.87. The fourth-order valence-corrected chi connectivity index (χ4v) is 7.24. The number of morpholine rings is 1. The molecule has 0 amide bonds. The molecule has 1 N–H and O–H groups in total. The van der Waals surface area contributed by atoms with Gasteiger partial charge in [-0.25, -0.2) is 4.98 Å². The van der Waals surface area contributed by atoms with Gasteiger partial charge in [-0.15, -0.1) is 0 Å². The van der Waals surface area contributed by atoms with Crippen LogP contribution in [0.3, 0.4) is 0 Å². The molecule has 2 unspecified atom stereocenters. The molecular weight excluding hydrogens is 494 g/mol. The molecule has 1 aliphatic carbocycles. The average molecular weight is 528 g/mol. The lowest BCUT2D eigenvalue weighted by molar-refractivity contribution is -0.148. The number of H-pyrrole nitrogens is 1. The van der Waals surface area contributed by atoms with Crippen molar-refractivity contribution in [3.63, 3.8) is 0 Å². The van der Waals surface area contributed by atoms with Gasteiger partial charge in [-0.3, -0.25) is 15.0 Å². The second-order valence-electron chi connectivity index (χ2n) is 11.7. The number of benzene rings is 2. The maximum Gasteiger partial charge on any atom is 0.181 e. The van der Waals surface area contributed by atoms with Crippen LogP contribution in [0.25, 0.3) is 44.7 Å². The average Bonchev–Trinajstić information content (AvgIpc) is 3.32. The zero-order valence-corrected chi connectivity index (χ0v) is 22.8. The molecular formula is C34H33N5O. The summed E-state index contributed by atoms with van der Waals surface area (Å²) in [6, 6.07) is 23.8. The maximum atomic E-state index is 5.74. The number of aromatic amines is 1. The van der Waals surface area contributed by atoms with Crippen molar-refractivity contribution in [2.24, 2.45) is 0 Å². The second kappa shape index (κ2) is 9.65. The SMILES string of the molecule is Cc1cc(-c2[nH]nc3ncc(-c4ccc5c(c4)CC[C@@H](N4C6COCC4C6)CC5)cc23)ccc1-c1ccccn1. The molecule has 2 bridgehead atoms. The number of nitrogens with one attached hydrogen (secondary N) is 1. The summed E-state index contributed by atoms with van der Waals surface area (Å²) < 4.78 is 5.74. The van der Waals surface area contributed by atoms with Crippen molar-refractivity contribution in [3.05, 3.63) is 89.7 Å². The van der Waals surface area contributed by atoms with Gasteiger partial charge < -0.3 is 4.74 Å². The van der Waals surface area contributed by atoms with Crippen LogP contribution in [0.4, 0.5) is 0 Å². The second-order valence-corrected chi connectivity index (χ2v) is 11.7. The number of nitrogens with zero attached hydrogens (tertiary/aromatic N) is 4. The van der Waals surface area contributed by atoms with E-state index in [4.69, 9.17) is 9.72 Å². The van der Waals surface area contributed by atoms with E-state index in [9.17, 15) is 0 Å². The first kappa shape index (κ1) is 24.0. The van der Waals surface area contributed by atoms with Crippen molar-refractivity contribution in [3.8, 4) is 33.6 Å². The third kappa shape index (κ3) is 4.05. The van der Waals surface area contributed by atoms with Crippen LogP contribution in [0.5, 0.6) is 0 Å². The topological polar surface area (TPSA) is 66.9 Å². The number of hydrogen-bond acceptors (Lipinski definition) is 5. The fraction of sp³-hybridized carbons (Fsp3) is 0.324. The lowest BCUT2D eigenvalue weighted by Gasteiger charge is -2.56. The molecule has 2 fully saturated rings. The van der Waals surface area contributed by atoms with Gasteiger partial charge in [-0.05, 0) is 85.5 Å². The predicted molar refractivity (Wildman–Crippen MR) is 158 cm³/mol. The predicted octanol–water partition coefficient (Wildman–Crippen LogP) is 6.38. The fourth-order valence-electron chi connectivity index (χ4n) is 7.24. The minimum atomic E-state index is 0.650. The van der Waals surface area contributed by atoms with E-state index in [0.29, 0.717) is 18.1 Å². The highest BCUT2D eigenvalue weighted by Crippen LogP contribution is 2.38. The molecule has 3 aromatic heterocycles. The number of aryl methyl sites for hydroxylation is 3. The molecule has 5 heterocycles. The summed E-state index contributed by atoms with van der Waals surface area (Å²) >= 11 is 0. The van der Waals surface area contributed by atoms with Gasteiger partial charge in [0.1, 0.15) is 0 Å². The first-order chi connectivity index (χ1) is 19.7. The summed E-state index contributed by atoms with van der Waals surface area (Å²) in [6.45, 7) is 3.98. The molecule has 0 radical (unpaired) electrons. The first-order valence-electron chi connectivity index (χ1n) is 14.6. The molecule has 3 atom stereocenters. The summed E-state index contributed by atoms with van der Waals surface area (Å²) in [5.74, 6) is 0. The highest BCUT2D eigenvalue weighted by Gasteiger charge is 2.45. The molecule has 2 aliphatic heterocycles. The van der Waals surface area contributed by atoms with Crippen molar-refractivity contribution in [2.75, 3.05) is 13.2 Å². The lowest BCUT2D eigenvalue weighted by atomic mass is 9.87. The Morgan fingerprint density at radius 3 is 2.48 bits per heavy atom. The highest BCUT2D eigenvalue weighted by molar-refractivity contribution is 5.93. The quantitative estimate of drug-likeness (QED) is 0.275. The van der Waals surface area contributed by atoms with Crippen molar-refractivity contribution in [1.82, 2.24) is 25.1 Å². The number of rotatable bonds is 4. The van der Waals surface area contributed by atoms with Crippen LogP contribution in [0.1, 0.15) is 36.0 Å². The monoisotopic (exact) mass is 527 g/mol. The molecule has 200 valence electrons. The van der Waals surface area contributed by atoms with E-state index in [2.05, 4.69) is 75.5 Å². The number of fused-ring (bicyclic) bond motifs is 4.